The Bertz CT molecular complexity index is 243. The monoisotopic (exact) mass is 195 g/mol. The molecule has 0 N–H and O–H groups in total. The molecule has 13 heavy (non-hydrogen) atoms. The summed E-state index contributed by atoms with van der Waals surface area (Å²) in [6, 6.07) is 8.98. The summed E-state index contributed by atoms with van der Waals surface area (Å²) in [7, 11) is 0. The summed E-state index contributed by atoms with van der Waals surface area (Å²) in [4.78, 5) is 0. The molecular weight excluding hydrogens is 180 g/mol. The van der Waals surface area contributed by atoms with Crippen LogP contribution in [-0.2, 0) is 6.42 Å². The summed E-state index contributed by atoms with van der Waals surface area (Å²) in [5, 5.41) is 0.823. The lowest BCUT2D eigenvalue weighted by atomic mass is 10.1. The maximum atomic E-state index is 5.86. The van der Waals surface area contributed by atoms with E-state index in [2.05, 4.69) is 13.0 Å². The van der Waals surface area contributed by atoms with Crippen LogP contribution in [0.15, 0.2) is 18.2 Å². The number of halogens is 1. The Morgan fingerprint density at radius 3 is 2.85 bits per heavy atom. The smallest absolute Gasteiger partial charge is 0.0409 e. The molecule has 1 rings (SSSR count). The van der Waals surface area contributed by atoms with Gasteiger partial charge < -0.3 is 0 Å². The van der Waals surface area contributed by atoms with E-state index in [0.29, 0.717) is 0 Å². The van der Waals surface area contributed by atoms with Gasteiger partial charge in [-0.1, -0.05) is 43.9 Å². The highest BCUT2D eigenvalue weighted by Crippen LogP contribution is 2.13. The Hall–Kier alpha value is -0.490. The topological polar surface area (TPSA) is 0 Å². The molecule has 0 spiro atoms. The van der Waals surface area contributed by atoms with Crippen LogP contribution >= 0.6 is 11.6 Å². The summed E-state index contributed by atoms with van der Waals surface area (Å²) in [6.07, 6.45) is 6.31. The van der Waals surface area contributed by atoms with Crippen LogP contribution in [0.5, 0.6) is 0 Å². The van der Waals surface area contributed by atoms with Crippen molar-refractivity contribution >= 4 is 11.6 Å². The molecule has 0 amide bonds. The van der Waals surface area contributed by atoms with E-state index in [1.807, 2.05) is 18.2 Å². The van der Waals surface area contributed by atoms with E-state index >= 15 is 0 Å². The van der Waals surface area contributed by atoms with E-state index < -0.39 is 0 Å². The summed E-state index contributed by atoms with van der Waals surface area (Å²) in [5.41, 5.74) is 1.24. The lowest BCUT2D eigenvalue weighted by molar-refractivity contribution is 0.666. The van der Waals surface area contributed by atoms with Gasteiger partial charge in [-0.15, -0.1) is 0 Å². The highest BCUT2D eigenvalue weighted by Gasteiger charge is 1.94. The van der Waals surface area contributed by atoms with E-state index in [1.54, 1.807) is 0 Å². The Balaban J connectivity index is 2.28. The maximum absolute atomic E-state index is 5.86. The first kappa shape index (κ1) is 10.6. The standard InChI is InChI=1S/C12H16Cl/c1-2-3-4-5-7-11-8-6-9-12(13)10-11/h6,9-10H,2-5,7H2,1H3. The van der Waals surface area contributed by atoms with Gasteiger partial charge in [-0.2, -0.15) is 0 Å². The van der Waals surface area contributed by atoms with Gasteiger partial charge in [0, 0.05) is 5.02 Å². The first-order valence-corrected chi connectivity index (χ1v) is 5.37. The second-order valence-corrected chi connectivity index (χ2v) is 3.78. The molecule has 0 bridgehead atoms. The molecule has 1 heteroatoms. The van der Waals surface area contributed by atoms with Crippen molar-refractivity contribution in [2.45, 2.75) is 39.0 Å². The fourth-order valence-electron chi connectivity index (χ4n) is 1.37. The van der Waals surface area contributed by atoms with Gasteiger partial charge in [0.15, 0.2) is 0 Å². The molecule has 71 valence electrons. The quantitative estimate of drug-likeness (QED) is 0.616. The summed E-state index contributed by atoms with van der Waals surface area (Å²) in [6.45, 7) is 2.23. The molecule has 0 fully saturated rings. The van der Waals surface area contributed by atoms with Crippen LogP contribution in [0.4, 0.5) is 0 Å². The summed E-state index contributed by atoms with van der Waals surface area (Å²) in [5.74, 6) is 0. The Kier molecular flexibility index (Phi) is 4.92. The fourth-order valence-corrected chi connectivity index (χ4v) is 1.57. The van der Waals surface area contributed by atoms with Crippen LogP contribution in [0.2, 0.25) is 5.02 Å². The van der Waals surface area contributed by atoms with E-state index in [9.17, 15) is 0 Å². The number of benzene rings is 1. The Labute approximate surface area is 85.9 Å². The van der Waals surface area contributed by atoms with Gasteiger partial charge in [-0.25, -0.2) is 0 Å². The van der Waals surface area contributed by atoms with Crippen LogP contribution in [0.25, 0.3) is 0 Å². The van der Waals surface area contributed by atoms with Gasteiger partial charge in [0.05, 0.1) is 0 Å². The molecule has 1 radical (unpaired) electrons. The van der Waals surface area contributed by atoms with Gasteiger partial charge in [0.1, 0.15) is 0 Å². The molecule has 0 saturated carbocycles. The molecule has 0 heterocycles. The van der Waals surface area contributed by atoms with Crippen LogP contribution < -0.4 is 0 Å². The summed E-state index contributed by atoms with van der Waals surface area (Å²) >= 11 is 5.86. The lowest BCUT2D eigenvalue weighted by Gasteiger charge is -2.00. The van der Waals surface area contributed by atoms with Gasteiger partial charge >= 0.3 is 0 Å². The molecule has 0 aliphatic rings. The largest absolute Gasteiger partial charge is 0.0843 e. The van der Waals surface area contributed by atoms with Crippen LogP contribution in [-0.4, -0.2) is 0 Å². The number of hydrogen-bond donors (Lipinski definition) is 0. The van der Waals surface area contributed by atoms with E-state index in [4.69, 9.17) is 11.6 Å². The third kappa shape index (κ3) is 4.33. The van der Waals surface area contributed by atoms with Crippen molar-refractivity contribution in [2.24, 2.45) is 0 Å². The van der Waals surface area contributed by atoms with E-state index in [1.165, 1.54) is 31.2 Å². The number of aryl methyl sites for hydroxylation is 1. The number of unbranched alkanes of at least 4 members (excludes halogenated alkanes) is 3. The molecule has 0 nitrogen and oxygen atoms in total. The predicted octanol–water partition coefficient (Wildman–Crippen LogP) is 4.26. The van der Waals surface area contributed by atoms with Crippen molar-refractivity contribution in [3.63, 3.8) is 0 Å². The zero-order valence-electron chi connectivity index (χ0n) is 8.15. The zero-order chi connectivity index (χ0) is 9.52. The minimum Gasteiger partial charge on any atom is -0.0843 e. The lowest BCUT2D eigenvalue weighted by Crippen LogP contribution is -1.85. The molecule has 0 aliphatic heterocycles. The SMILES string of the molecule is CCCCCCc1[c]ccc(Cl)c1. The molecule has 0 atom stereocenters. The maximum Gasteiger partial charge on any atom is 0.0409 e. The first-order chi connectivity index (χ1) is 6.33. The summed E-state index contributed by atoms with van der Waals surface area (Å²) < 4.78 is 0. The van der Waals surface area contributed by atoms with Gasteiger partial charge in [-0.3, -0.25) is 0 Å². The molecule has 1 aromatic rings. The predicted molar refractivity (Wildman–Crippen MR) is 58.1 cm³/mol. The van der Waals surface area contributed by atoms with Crippen LogP contribution in [0.3, 0.4) is 0 Å². The molecule has 0 saturated heterocycles. The van der Waals surface area contributed by atoms with Crippen molar-refractivity contribution < 1.29 is 0 Å². The van der Waals surface area contributed by atoms with Crippen molar-refractivity contribution in [1.82, 2.24) is 0 Å². The number of hydrogen-bond acceptors (Lipinski definition) is 0. The Morgan fingerprint density at radius 1 is 1.31 bits per heavy atom. The molecule has 0 aliphatic carbocycles. The minimum absolute atomic E-state index is 0.823. The third-order valence-electron chi connectivity index (χ3n) is 2.12. The highest BCUT2D eigenvalue weighted by atomic mass is 35.5. The highest BCUT2D eigenvalue weighted by molar-refractivity contribution is 6.30. The molecule has 0 unspecified atom stereocenters. The van der Waals surface area contributed by atoms with Gasteiger partial charge in [0.2, 0.25) is 0 Å². The average molecular weight is 196 g/mol. The van der Waals surface area contributed by atoms with Crippen LogP contribution in [0.1, 0.15) is 38.2 Å². The second kappa shape index (κ2) is 6.04. The normalized spacial score (nSPS) is 10.3. The minimum atomic E-state index is 0.823. The van der Waals surface area contributed by atoms with E-state index in [0.717, 1.165) is 11.4 Å². The first-order valence-electron chi connectivity index (χ1n) is 4.99. The molecule has 1 aromatic carbocycles. The van der Waals surface area contributed by atoms with E-state index in [-0.39, 0.29) is 0 Å². The van der Waals surface area contributed by atoms with Crippen molar-refractivity contribution in [3.8, 4) is 0 Å². The average Bonchev–Trinajstić information content (AvgIpc) is 2.13. The van der Waals surface area contributed by atoms with Gasteiger partial charge in [0.25, 0.3) is 0 Å². The van der Waals surface area contributed by atoms with Crippen molar-refractivity contribution in [1.29, 1.82) is 0 Å². The third-order valence-corrected chi connectivity index (χ3v) is 2.36. The fraction of sp³-hybridized carbons (Fsp3) is 0.500. The second-order valence-electron chi connectivity index (χ2n) is 3.34. The van der Waals surface area contributed by atoms with Crippen molar-refractivity contribution in [3.05, 3.63) is 34.9 Å². The van der Waals surface area contributed by atoms with Crippen LogP contribution in [0, 0.1) is 6.07 Å². The van der Waals surface area contributed by atoms with Gasteiger partial charge in [-0.05, 0) is 36.6 Å². The number of rotatable bonds is 5. The molecule has 0 aromatic heterocycles. The van der Waals surface area contributed by atoms with Crippen molar-refractivity contribution in [2.75, 3.05) is 0 Å². The molecular formula is C12H16Cl. The zero-order valence-corrected chi connectivity index (χ0v) is 8.90. The Morgan fingerprint density at radius 2 is 2.15 bits per heavy atom.